The van der Waals surface area contributed by atoms with E-state index in [0.717, 1.165) is 16.7 Å². The van der Waals surface area contributed by atoms with E-state index in [1.54, 1.807) is 20.8 Å². The lowest BCUT2D eigenvalue weighted by Gasteiger charge is -2.48. The SMILES string of the molecule is CC1(C(=O)OCc2ccccc2)CC(C)(C(=O)OCc2ccccc2)CC(C)(C(=O)OCc2ccccc2)C1. The van der Waals surface area contributed by atoms with Gasteiger partial charge in [0, 0.05) is 0 Å². The lowest BCUT2D eigenvalue weighted by atomic mass is 9.54. The molecule has 0 N–H and O–H groups in total. The molecule has 6 heteroatoms. The van der Waals surface area contributed by atoms with Crippen molar-refractivity contribution in [1.29, 1.82) is 0 Å². The van der Waals surface area contributed by atoms with Crippen molar-refractivity contribution >= 4 is 17.9 Å². The number of carbonyl (C=O) groups is 3. The standard InChI is InChI=1S/C33H36O6/c1-31(28(34)37-19-25-13-7-4-8-14-25)22-32(2,29(35)38-20-26-15-9-5-10-16-26)24-33(3,23-31)30(36)39-21-27-17-11-6-12-18-27/h4-18H,19-24H2,1-3H3. The highest BCUT2D eigenvalue weighted by molar-refractivity contribution is 5.85. The average Bonchev–Trinajstić information content (AvgIpc) is 2.94. The summed E-state index contributed by atoms with van der Waals surface area (Å²) in [7, 11) is 0. The minimum atomic E-state index is -1.10. The van der Waals surface area contributed by atoms with E-state index in [9.17, 15) is 14.4 Å². The fraction of sp³-hybridized carbons (Fsp3) is 0.364. The number of rotatable bonds is 9. The average molecular weight is 529 g/mol. The highest BCUT2D eigenvalue weighted by atomic mass is 16.5. The molecule has 0 aromatic heterocycles. The van der Waals surface area contributed by atoms with Gasteiger partial charge in [-0.15, -0.1) is 0 Å². The summed E-state index contributed by atoms with van der Waals surface area (Å²) in [5.74, 6) is -1.35. The lowest BCUT2D eigenvalue weighted by Crippen LogP contribution is -2.53. The summed E-state index contributed by atoms with van der Waals surface area (Å²) >= 11 is 0. The zero-order valence-corrected chi connectivity index (χ0v) is 22.9. The molecule has 0 heterocycles. The van der Waals surface area contributed by atoms with Crippen molar-refractivity contribution in [2.24, 2.45) is 16.2 Å². The van der Waals surface area contributed by atoms with E-state index >= 15 is 0 Å². The largest absolute Gasteiger partial charge is 0.460 e. The Hall–Kier alpha value is -3.93. The number of ether oxygens (including phenoxy) is 3. The lowest BCUT2D eigenvalue weighted by molar-refractivity contribution is -0.184. The molecule has 0 amide bonds. The van der Waals surface area contributed by atoms with Crippen LogP contribution < -0.4 is 0 Å². The van der Waals surface area contributed by atoms with Crippen LogP contribution in [0.4, 0.5) is 0 Å². The molecule has 6 nitrogen and oxygen atoms in total. The van der Waals surface area contributed by atoms with Crippen LogP contribution in [-0.4, -0.2) is 17.9 Å². The van der Waals surface area contributed by atoms with Gasteiger partial charge in [-0.05, 0) is 56.7 Å². The molecule has 39 heavy (non-hydrogen) atoms. The molecule has 4 rings (SSSR count). The Labute approximate surface area is 230 Å². The van der Waals surface area contributed by atoms with Gasteiger partial charge in [0.25, 0.3) is 0 Å². The minimum Gasteiger partial charge on any atom is -0.460 e. The Morgan fingerprint density at radius 1 is 0.487 bits per heavy atom. The molecule has 1 aliphatic carbocycles. The number of carbonyl (C=O) groups excluding carboxylic acids is 3. The quantitative estimate of drug-likeness (QED) is 0.236. The first-order valence-electron chi connectivity index (χ1n) is 13.3. The molecular weight excluding hydrogens is 492 g/mol. The molecular formula is C33H36O6. The van der Waals surface area contributed by atoms with E-state index in [1.807, 2.05) is 91.0 Å². The van der Waals surface area contributed by atoms with Crippen molar-refractivity contribution in [1.82, 2.24) is 0 Å². The van der Waals surface area contributed by atoms with Crippen LogP contribution in [0.1, 0.15) is 56.7 Å². The third-order valence-electron chi connectivity index (χ3n) is 7.46. The van der Waals surface area contributed by atoms with Gasteiger partial charge in [0.15, 0.2) is 0 Å². The molecule has 1 aliphatic rings. The van der Waals surface area contributed by atoms with Crippen molar-refractivity contribution in [2.75, 3.05) is 0 Å². The van der Waals surface area contributed by atoms with Gasteiger partial charge in [-0.2, -0.15) is 0 Å². The number of hydrogen-bond donors (Lipinski definition) is 0. The van der Waals surface area contributed by atoms with Gasteiger partial charge in [-0.25, -0.2) is 0 Å². The Balaban J connectivity index is 1.55. The van der Waals surface area contributed by atoms with E-state index in [4.69, 9.17) is 14.2 Å². The highest BCUT2D eigenvalue weighted by Gasteiger charge is 2.59. The minimum absolute atomic E-state index is 0.111. The third kappa shape index (κ3) is 6.94. The summed E-state index contributed by atoms with van der Waals surface area (Å²) < 4.78 is 17.2. The summed E-state index contributed by atoms with van der Waals surface area (Å²) in [6, 6.07) is 28.3. The fourth-order valence-electron chi connectivity index (χ4n) is 5.90. The molecule has 0 radical (unpaired) electrons. The Kier molecular flexibility index (Phi) is 8.54. The van der Waals surface area contributed by atoms with E-state index in [0.29, 0.717) is 0 Å². The van der Waals surface area contributed by atoms with Crippen molar-refractivity contribution in [2.45, 2.75) is 59.9 Å². The van der Waals surface area contributed by atoms with Crippen LogP contribution in [0.25, 0.3) is 0 Å². The predicted molar refractivity (Wildman–Crippen MR) is 147 cm³/mol. The number of hydrogen-bond acceptors (Lipinski definition) is 6. The second-order valence-corrected chi connectivity index (χ2v) is 11.4. The fourth-order valence-corrected chi connectivity index (χ4v) is 5.90. The molecule has 1 fully saturated rings. The molecule has 0 atom stereocenters. The Morgan fingerprint density at radius 3 is 0.949 bits per heavy atom. The predicted octanol–water partition coefficient (Wildman–Crippen LogP) is 6.42. The molecule has 1 saturated carbocycles. The van der Waals surface area contributed by atoms with Crippen LogP contribution in [0.3, 0.4) is 0 Å². The maximum Gasteiger partial charge on any atom is 0.312 e. The van der Waals surface area contributed by atoms with Gasteiger partial charge in [0.05, 0.1) is 16.2 Å². The molecule has 0 saturated heterocycles. The van der Waals surface area contributed by atoms with Crippen molar-refractivity contribution in [3.63, 3.8) is 0 Å². The first-order valence-corrected chi connectivity index (χ1v) is 13.3. The van der Waals surface area contributed by atoms with Crippen LogP contribution in [0.15, 0.2) is 91.0 Å². The van der Waals surface area contributed by atoms with Gasteiger partial charge in [-0.1, -0.05) is 91.0 Å². The maximum atomic E-state index is 13.5. The van der Waals surface area contributed by atoms with Gasteiger partial charge >= 0.3 is 17.9 Å². The second-order valence-electron chi connectivity index (χ2n) is 11.4. The number of benzene rings is 3. The summed E-state index contributed by atoms with van der Waals surface area (Å²) in [5, 5.41) is 0. The summed E-state index contributed by atoms with van der Waals surface area (Å²) in [5.41, 5.74) is -0.725. The van der Waals surface area contributed by atoms with Gasteiger partial charge in [0.2, 0.25) is 0 Å². The van der Waals surface area contributed by atoms with E-state index in [1.165, 1.54) is 0 Å². The van der Waals surface area contributed by atoms with Crippen molar-refractivity contribution in [3.8, 4) is 0 Å². The van der Waals surface area contributed by atoms with E-state index in [2.05, 4.69) is 0 Å². The number of esters is 3. The van der Waals surface area contributed by atoms with Gasteiger partial charge in [0.1, 0.15) is 19.8 Å². The Morgan fingerprint density at radius 2 is 0.718 bits per heavy atom. The zero-order valence-electron chi connectivity index (χ0n) is 22.9. The topological polar surface area (TPSA) is 78.9 Å². The molecule has 0 bridgehead atoms. The molecule has 0 aliphatic heterocycles. The van der Waals surface area contributed by atoms with E-state index in [-0.39, 0.29) is 39.1 Å². The van der Waals surface area contributed by atoms with Crippen LogP contribution in [0.5, 0.6) is 0 Å². The van der Waals surface area contributed by atoms with E-state index < -0.39 is 34.2 Å². The molecule has 0 unspecified atom stereocenters. The second kappa shape index (κ2) is 11.9. The first kappa shape index (κ1) is 28.1. The zero-order chi connectivity index (χ0) is 27.9. The summed E-state index contributed by atoms with van der Waals surface area (Å²) in [6.07, 6.45) is 0.592. The van der Waals surface area contributed by atoms with Gasteiger partial charge < -0.3 is 14.2 Å². The van der Waals surface area contributed by atoms with Crippen LogP contribution in [-0.2, 0) is 48.4 Å². The summed E-state index contributed by atoms with van der Waals surface area (Å²) in [6.45, 7) is 5.64. The van der Waals surface area contributed by atoms with Crippen molar-refractivity contribution < 1.29 is 28.6 Å². The highest BCUT2D eigenvalue weighted by Crippen LogP contribution is 2.56. The molecule has 0 spiro atoms. The van der Waals surface area contributed by atoms with Crippen LogP contribution in [0.2, 0.25) is 0 Å². The first-order chi connectivity index (χ1) is 18.6. The van der Waals surface area contributed by atoms with Gasteiger partial charge in [-0.3, -0.25) is 14.4 Å². The molecule has 3 aromatic rings. The van der Waals surface area contributed by atoms with Crippen LogP contribution in [0, 0.1) is 16.2 Å². The molecule has 204 valence electrons. The normalized spacial score (nSPS) is 24.4. The summed E-state index contributed by atoms with van der Waals surface area (Å²) in [4.78, 5) is 40.6. The third-order valence-corrected chi connectivity index (χ3v) is 7.46. The van der Waals surface area contributed by atoms with Crippen LogP contribution >= 0.6 is 0 Å². The smallest absolute Gasteiger partial charge is 0.312 e. The maximum absolute atomic E-state index is 13.5. The Bertz CT molecular complexity index is 1100. The monoisotopic (exact) mass is 528 g/mol. The molecule has 3 aromatic carbocycles. The van der Waals surface area contributed by atoms with Crippen molar-refractivity contribution in [3.05, 3.63) is 108 Å².